The maximum absolute atomic E-state index is 9.13. The highest BCUT2D eigenvalue weighted by Crippen LogP contribution is 2.23. The lowest BCUT2D eigenvalue weighted by atomic mass is 10.1. The predicted octanol–water partition coefficient (Wildman–Crippen LogP) is 2.25. The van der Waals surface area contributed by atoms with Gasteiger partial charge in [0.05, 0.1) is 23.5 Å². The third kappa shape index (κ3) is 3.01. The van der Waals surface area contributed by atoms with Crippen LogP contribution in [0.2, 0.25) is 0 Å². The number of rotatable bonds is 3. The molecule has 1 unspecified atom stereocenters. The van der Waals surface area contributed by atoms with E-state index in [4.69, 9.17) is 5.26 Å². The maximum Gasteiger partial charge on any atom is 0.147 e. The fourth-order valence-corrected chi connectivity index (χ4v) is 3.70. The molecule has 7 heteroatoms. The van der Waals surface area contributed by atoms with Crippen molar-refractivity contribution in [1.82, 2.24) is 29.0 Å². The second-order valence-corrected chi connectivity index (χ2v) is 6.69. The number of fused-ring (bicyclic) bond motifs is 1. The molecule has 0 N–H and O–H groups in total. The zero-order chi connectivity index (χ0) is 17.4. The number of likely N-dealkylation sites (tertiary alicyclic amines) is 1. The van der Waals surface area contributed by atoms with E-state index in [9.17, 15) is 0 Å². The van der Waals surface area contributed by atoms with Crippen LogP contribution in [-0.2, 0) is 6.54 Å². The highest BCUT2D eigenvalue weighted by molar-refractivity contribution is 5.44. The SMILES string of the molecule is Cc1nc(C)n(C2CCCN(Cc3cnc4ccc(C#N)cn34)C2)n1. The largest absolute Gasteiger partial charge is 0.301 e. The van der Waals surface area contributed by atoms with Crippen LogP contribution in [-0.4, -0.2) is 42.1 Å². The summed E-state index contributed by atoms with van der Waals surface area (Å²) in [6.45, 7) is 6.80. The zero-order valence-electron chi connectivity index (χ0n) is 14.6. The van der Waals surface area contributed by atoms with Gasteiger partial charge in [-0.25, -0.2) is 14.6 Å². The summed E-state index contributed by atoms with van der Waals surface area (Å²) in [5.41, 5.74) is 2.64. The molecule has 1 aliphatic rings. The Morgan fingerprint density at radius 1 is 1.32 bits per heavy atom. The van der Waals surface area contributed by atoms with Crippen LogP contribution in [0.25, 0.3) is 5.65 Å². The van der Waals surface area contributed by atoms with E-state index < -0.39 is 0 Å². The quantitative estimate of drug-likeness (QED) is 0.734. The fraction of sp³-hybridized carbons (Fsp3) is 0.444. The van der Waals surface area contributed by atoms with Gasteiger partial charge < -0.3 is 4.40 Å². The molecule has 3 aromatic heterocycles. The molecule has 1 fully saturated rings. The number of hydrogen-bond donors (Lipinski definition) is 0. The third-order valence-corrected chi connectivity index (χ3v) is 4.83. The second-order valence-electron chi connectivity index (χ2n) is 6.69. The summed E-state index contributed by atoms with van der Waals surface area (Å²) in [6.07, 6.45) is 6.05. The van der Waals surface area contributed by atoms with Crippen LogP contribution in [0.5, 0.6) is 0 Å². The Morgan fingerprint density at radius 3 is 2.96 bits per heavy atom. The molecule has 128 valence electrons. The summed E-state index contributed by atoms with van der Waals surface area (Å²) in [7, 11) is 0. The van der Waals surface area contributed by atoms with E-state index in [1.54, 1.807) is 6.07 Å². The molecular weight excluding hydrogens is 314 g/mol. The Bertz CT molecular complexity index is 946. The van der Waals surface area contributed by atoms with Crippen molar-refractivity contribution in [3.8, 4) is 6.07 Å². The molecule has 4 heterocycles. The first-order chi connectivity index (χ1) is 12.1. The number of imidazole rings is 1. The van der Waals surface area contributed by atoms with Gasteiger partial charge in [0.25, 0.3) is 0 Å². The van der Waals surface area contributed by atoms with Crippen molar-refractivity contribution in [2.75, 3.05) is 13.1 Å². The summed E-state index contributed by atoms with van der Waals surface area (Å²) in [5.74, 6) is 1.82. The average Bonchev–Trinajstić information content (AvgIpc) is 3.17. The first-order valence-corrected chi connectivity index (χ1v) is 8.62. The van der Waals surface area contributed by atoms with Gasteiger partial charge in [0.2, 0.25) is 0 Å². The molecule has 0 saturated carbocycles. The lowest BCUT2D eigenvalue weighted by Gasteiger charge is -2.32. The number of nitrogens with zero attached hydrogens (tertiary/aromatic N) is 7. The van der Waals surface area contributed by atoms with Gasteiger partial charge >= 0.3 is 0 Å². The lowest BCUT2D eigenvalue weighted by Crippen LogP contribution is -2.37. The van der Waals surface area contributed by atoms with Crippen molar-refractivity contribution < 1.29 is 0 Å². The van der Waals surface area contributed by atoms with E-state index in [1.807, 2.05) is 36.7 Å². The number of pyridine rings is 1. The average molecular weight is 335 g/mol. The smallest absolute Gasteiger partial charge is 0.147 e. The Morgan fingerprint density at radius 2 is 2.20 bits per heavy atom. The van der Waals surface area contributed by atoms with E-state index in [2.05, 4.69) is 30.7 Å². The summed E-state index contributed by atoms with van der Waals surface area (Å²) in [5, 5.41) is 13.7. The van der Waals surface area contributed by atoms with Gasteiger partial charge in [-0.2, -0.15) is 10.4 Å². The highest BCUT2D eigenvalue weighted by atomic mass is 15.4. The maximum atomic E-state index is 9.13. The van der Waals surface area contributed by atoms with Crippen LogP contribution in [0.3, 0.4) is 0 Å². The van der Waals surface area contributed by atoms with Crippen LogP contribution in [0.15, 0.2) is 24.5 Å². The Labute approximate surface area is 146 Å². The summed E-state index contributed by atoms with van der Waals surface area (Å²) < 4.78 is 4.09. The Kier molecular flexibility index (Phi) is 3.98. The topological polar surface area (TPSA) is 75.0 Å². The van der Waals surface area contributed by atoms with Crippen LogP contribution in [0.1, 0.15) is 41.8 Å². The molecule has 0 amide bonds. The molecular formula is C18H21N7. The van der Waals surface area contributed by atoms with Crippen LogP contribution in [0.4, 0.5) is 0 Å². The van der Waals surface area contributed by atoms with Gasteiger partial charge in [-0.1, -0.05) is 0 Å². The molecule has 0 bridgehead atoms. The molecule has 0 spiro atoms. The van der Waals surface area contributed by atoms with Crippen molar-refractivity contribution in [3.05, 3.63) is 47.4 Å². The first-order valence-electron chi connectivity index (χ1n) is 8.62. The van der Waals surface area contributed by atoms with Gasteiger partial charge in [0.1, 0.15) is 23.4 Å². The standard InChI is InChI=1S/C18H21N7/c1-13-21-14(2)25(22-13)16-4-3-7-23(11-16)12-17-9-20-18-6-5-15(8-19)10-24(17)18/h5-6,9-10,16H,3-4,7,11-12H2,1-2H3. The van der Waals surface area contributed by atoms with E-state index in [1.165, 1.54) is 0 Å². The molecule has 1 saturated heterocycles. The highest BCUT2D eigenvalue weighted by Gasteiger charge is 2.24. The van der Waals surface area contributed by atoms with Crippen LogP contribution < -0.4 is 0 Å². The molecule has 0 aliphatic carbocycles. The van der Waals surface area contributed by atoms with E-state index in [0.717, 1.165) is 55.5 Å². The third-order valence-electron chi connectivity index (χ3n) is 4.83. The molecule has 3 aromatic rings. The molecule has 0 aromatic carbocycles. The zero-order valence-corrected chi connectivity index (χ0v) is 14.6. The monoisotopic (exact) mass is 335 g/mol. The Hall–Kier alpha value is -2.72. The molecule has 4 rings (SSSR count). The van der Waals surface area contributed by atoms with Gasteiger partial charge in [-0.3, -0.25) is 4.90 Å². The molecule has 0 radical (unpaired) electrons. The van der Waals surface area contributed by atoms with Crippen molar-refractivity contribution in [2.24, 2.45) is 0 Å². The van der Waals surface area contributed by atoms with Crippen molar-refractivity contribution in [3.63, 3.8) is 0 Å². The van der Waals surface area contributed by atoms with Crippen molar-refractivity contribution in [2.45, 2.75) is 39.3 Å². The number of aromatic nitrogens is 5. The van der Waals surface area contributed by atoms with Gasteiger partial charge in [-0.15, -0.1) is 0 Å². The minimum Gasteiger partial charge on any atom is -0.301 e. The molecule has 1 aliphatic heterocycles. The minimum absolute atomic E-state index is 0.365. The van der Waals surface area contributed by atoms with Gasteiger partial charge in [-0.05, 0) is 45.4 Å². The summed E-state index contributed by atoms with van der Waals surface area (Å²) in [6, 6.07) is 6.26. The number of piperidine rings is 1. The molecule has 7 nitrogen and oxygen atoms in total. The molecule has 25 heavy (non-hydrogen) atoms. The van der Waals surface area contributed by atoms with E-state index >= 15 is 0 Å². The lowest BCUT2D eigenvalue weighted by molar-refractivity contribution is 0.159. The number of hydrogen-bond acceptors (Lipinski definition) is 5. The van der Waals surface area contributed by atoms with Crippen molar-refractivity contribution in [1.29, 1.82) is 5.26 Å². The number of aryl methyl sites for hydroxylation is 2. The predicted molar refractivity (Wildman–Crippen MR) is 93.0 cm³/mol. The Balaban J connectivity index is 1.55. The van der Waals surface area contributed by atoms with Gasteiger partial charge in [0.15, 0.2) is 0 Å². The van der Waals surface area contributed by atoms with Crippen molar-refractivity contribution >= 4 is 5.65 Å². The normalized spacial score (nSPS) is 18.5. The van der Waals surface area contributed by atoms with Crippen LogP contribution >= 0.6 is 0 Å². The summed E-state index contributed by atoms with van der Waals surface area (Å²) in [4.78, 5) is 11.3. The first kappa shape index (κ1) is 15.8. The molecule has 1 atom stereocenters. The van der Waals surface area contributed by atoms with E-state index in [-0.39, 0.29) is 0 Å². The minimum atomic E-state index is 0.365. The van der Waals surface area contributed by atoms with E-state index in [0.29, 0.717) is 11.6 Å². The van der Waals surface area contributed by atoms with Gasteiger partial charge in [0, 0.05) is 19.3 Å². The summed E-state index contributed by atoms with van der Waals surface area (Å²) >= 11 is 0. The fourth-order valence-electron chi connectivity index (χ4n) is 3.70. The van der Waals surface area contributed by atoms with Crippen LogP contribution in [0, 0.1) is 25.2 Å². The number of nitriles is 1. The second kappa shape index (κ2) is 6.30.